The van der Waals surface area contributed by atoms with Crippen molar-refractivity contribution < 1.29 is 8.83 Å². The molecule has 4 aromatic heterocycles. The van der Waals surface area contributed by atoms with Gasteiger partial charge >= 0.3 is 0 Å². The standard InChI is InChI=1S/C42H23N3O2/c1-2-12-26-23-33-31(22-25(26)11-1)37-27-13-4-3-10-24(27)20-21-32(37)45(33)42-43-39-29-15-6-8-18-35(29)47-41(39)40(44-42)30-16-9-19-36-38(30)28-14-5-7-17-34(28)46-36/h1-23H. The summed E-state index contributed by atoms with van der Waals surface area (Å²) in [6.07, 6.45) is 0. The maximum absolute atomic E-state index is 6.57. The highest BCUT2D eigenvalue weighted by atomic mass is 16.3. The molecule has 0 spiro atoms. The third kappa shape index (κ3) is 3.37. The van der Waals surface area contributed by atoms with Crippen molar-refractivity contribution in [3.63, 3.8) is 0 Å². The average molecular weight is 602 g/mol. The highest BCUT2D eigenvalue weighted by molar-refractivity contribution is 6.23. The van der Waals surface area contributed by atoms with Gasteiger partial charge in [-0.15, -0.1) is 0 Å². The van der Waals surface area contributed by atoms with E-state index in [1.54, 1.807) is 0 Å². The molecular weight excluding hydrogens is 578 g/mol. The van der Waals surface area contributed by atoms with Crippen LogP contribution in [0.5, 0.6) is 0 Å². The summed E-state index contributed by atoms with van der Waals surface area (Å²) in [5, 5.41) is 10.1. The fourth-order valence-electron chi connectivity index (χ4n) is 7.52. The van der Waals surface area contributed by atoms with Gasteiger partial charge in [-0.2, -0.15) is 0 Å². The fourth-order valence-corrected chi connectivity index (χ4v) is 7.52. The van der Waals surface area contributed by atoms with Gasteiger partial charge in [0.05, 0.1) is 11.0 Å². The molecule has 11 rings (SSSR count). The Hall–Kier alpha value is -6.46. The summed E-state index contributed by atoms with van der Waals surface area (Å²) >= 11 is 0. The number of para-hydroxylation sites is 2. The highest BCUT2D eigenvalue weighted by Gasteiger charge is 2.24. The van der Waals surface area contributed by atoms with Gasteiger partial charge in [0, 0.05) is 32.5 Å². The summed E-state index contributed by atoms with van der Waals surface area (Å²) in [7, 11) is 0. The maximum atomic E-state index is 6.57. The van der Waals surface area contributed by atoms with Crippen LogP contribution in [0, 0.1) is 0 Å². The summed E-state index contributed by atoms with van der Waals surface area (Å²) < 4.78 is 15.1. The van der Waals surface area contributed by atoms with Gasteiger partial charge in [0.2, 0.25) is 5.95 Å². The van der Waals surface area contributed by atoms with Crippen LogP contribution < -0.4 is 0 Å². The number of rotatable bonds is 2. The van der Waals surface area contributed by atoms with E-state index in [1.165, 1.54) is 26.9 Å². The Kier molecular flexibility index (Phi) is 4.78. The molecule has 0 atom stereocenters. The second kappa shape index (κ2) is 9.05. The van der Waals surface area contributed by atoms with Gasteiger partial charge < -0.3 is 8.83 Å². The van der Waals surface area contributed by atoms with Crippen LogP contribution >= 0.6 is 0 Å². The molecule has 0 fully saturated rings. The molecule has 0 aliphatic heterocycles. The van der Waals surface area contributed by atoms with Crippen LogP contribution in [0.15, 0.2) is 148 Å². The van der Waals surface area contributed by atoms with Crippen molar-refractivity contribution in [2.75, 3.05) is 0 Å². The monoisotopic (exact) mass is 601 g/mol. The quantitative estimate of drug-likeness (QED) is 0.198. The van der Waals surface area contributed by atoms with E-state index in [4.69, 9.17) is 18.8 Å². The predicted molar refractivity (Wildman–Crippen MR) is 191 cm³/mol. The number of furan rings is 2. The molecule has 4 heterocycles. The first-order chi connectivity index (χ1) is 23.3. The van der Waals surface area contributed by atoms with Crippen molar-refractivity contribution in [2.24, 2.45) is 0 Å². The molecule has 0 aliphatic rings. The van der Waals surface area contributed by atoms with E-state index < -0.39 is 0 Å². The molecule has 0 aliphatic carbocycles. The fraction of sp³-hybridized carbons (Fsp3) is 0. The van der Waals surface area contributed by atoms with Crippen LogP contribution in [0.3, 0.4) is 0 Å². The Balaban J connectivity index is 1.34. The number of hydrogen-bond donors (Lipinski definition) is 0. The van der Waals surface area contributed by atoms with E-state index >= 15 is 0 Å². The second-order valence-corrected chi connectivity index (χ2v) is 12.2. The number of hydrogen-bond acceptors (Lipinski definition) is 4. The Bertz CT molecular complexity index is 3090. The Morgan fingerprint density at radius 1 is 0.447 bits per heavy atom. The van der Waals surface area contributed by atoms with Gasteiger partial charge in [-0.25, -0.2) is 9.97 Å². The lowest BCUT2D eigenvalue weighted by atomic mass is 10.0. The molecule has 7 aromatic carbocycles. The van der Waals surface area contributed by atoms with Crippen molar-refractivity contribution in [2.45, 2.75) is 0 Å². The van der Waals surface area contributed by atoms with E-state index in [2.05, 4.69) is 95.6 Å². The highest BCUT2D eigenvalue weighted by Crippen LogP contribution is 2.43. The average Bonchev–Trinajstić information content (AvgIpc) is 3.79. The zero-order valence-electron chi connectivity index (χ0n) is 24.9. The third-order valence-corrected chi connectivity index (χ3v) is 9.59. The van der Waals surface area contributed by atoms with Crippen LogP contribution in [0.2, 0.25) is 0 Å². The van der Waals surface area contributed by atoms with Gasteiger partial charge in [-0.3, -0.25) is 4.57 Å². The van der Waals surface area contributed by atoms with E-state index in [0.717, 1.165) is 66.1 Å². The van der Waals surface area contributed by atoms with Crippen molar-refractivity contribution in [1.29, 1.82) is 0 Å². The summed E-state index contributed by atoms with van der Waals surface area (Å²) in [6.45, 7) is 0. The molecule has 0 radical (unpaired) electrons. The van der Waals surface area contributed by atoms with Gasteiger partial charge in [-0.05, 0) is 64.0 Å². The zero-order valence-corrected chi connectivity index (χ0v) is 24.9. The van der Waals surface area contributed by atoms with E-state index in [-0.39, 0.29) is 0 Å². The molecule has 5 heteroatoms. The van der Waals surface area contributed by atoms with Gasteiger partial charge in [-0.1, -0.05) is 97.1 Å². The van der Waals surface area contributed by atoms with Crippen LogP contribution in [0.25, 0.3) is 105 Å². The molecule has 0 unspecified atom stereocenters. The van der Waals surface area contributed by atoms with E-state index in [1.807, 2.05) is 48.5 Å². The maximum Gasteiger partial charge on any atom is 0.236 e. The van der Waals surface area contributed by atoms with Crippen molar-refractivity contribution in [1.82, 2.24) is 14.5 Å². The first-order valence-corrected chi connectivity index (χ1v) is 15.8. The minimum absolute atomic E-state index is 0.592. The van der Waals surface area contributed by atoms with Gasteiger partial charge in [0.25, 0.3) is 0 Å². The van der Waals surface area contributed by atoms with Crippen LogP contribution in [-0.4, -0.2) is 14.5 Å². The predicted octanol–water partition coefficient (Wildman–Crippen LogP) is 11.3. The van der Waals surface area contributed by atoms with Crippen molar-refractivity contribution in [3.8, 4) is 17.2 Å². The smallest absolute Gasteiger partial charge is 0.236 e. The molecular formula is C42H23N3O2. The zero-order chi connectivity index (χ0) is 30.6. The van der Waals surface area contributed by atoms with Crippen LogP contribution in [0.4, 0.5) is 0 Å². The molecule has 47 heavy (non-hydrogen) atoms. The van der Waals surface area contributed by atoms with Crippen LogP contribution in [-0.2, 0) is 0 Å². The minimum atomic E-state index is 0.592. The van der Waals surface area contributed by atoms with E-state index in [0.29, 0.717) is 11.5 Å². The lowest BCUT2D eigenvalue weighted by Crippen LogP contribution is -2.03. The Morgan fingerprint density at radius 3 is 1.98 bits per heavy atom. The molecule has 0 amide bonds. The minimum Gasteiger partial charge on any atom is -0.456 e. The molecule has 0 bridgehead atoms. The number of nitrogens with zero attached hydrogens (tertiary/aromatic N) is 3. The molecule has 5 nitrogen and oxygen atoms in total. The summed E-state index contributed by atoms with van der Waals surface area (Å²) in [5.41, 5.74) is 7.64. The summed E-state index contributed by atoms with van der Waals surface area (Å²) in [6, 6.07) is 48.5. The summed E-state index contributed by atoms with van der Waals surface area (Å²) in [5.74, 6) is 0.592. The Morgan fingerprint density at radius 2 is 1.13 bits per heavy atom. The van der Waals surface area contributed by atoms with Gasteiger partial charge in [0.1, 0.15) is 28.0 Å². The lowest BCUT2D eigenvalue weighted by Gasteiger charge is -2.10. The largest absolute Gasteiger partial charge is 0.456 e. The molecule has 0 saturated carbocycles. The number of fused-ring (bicyclic) bond motifs is 12. The topological polar surface area (TPSA) is 57.0 Å². The van der Waals surface area contributed by atoms with Gasteiger partial charge in [0.15, 0.2) is 5.58 Å². The third-order valence-electron chi connectivity index (χ3n) is 9.59. The Labute approximate surface area is 266 Å². The molecule has 0 saturated heterocycles. The normalized spacial score (nSPS) is 12.3. The molecule has 11 aromatic rings. The number of benzene rings is 7. The van der Waals surface area contributed by atoms with Crippen LogP contribution in [0.1, 0.15) is 0 Å². The molecule has 218 valence electrons. The first-order valence-electron chi connectivity index (χ1n) is 15.8. The SMILES string of the molecule is c1ccc2cc3c(cc2c1)c1c2ccccc2ccc1n3-c1nc(-c2cccc3oc4ccccc4c23)c2oc3ccccc3c2n1. The van der Waals surface area contributed by atoms with Crippen molar-refractivity contribution in [3.05, 3.63) is 140 Å². The summed E-state index contributed by atoms with van der Waals surface area (Å²) in [4.78, 5) is 10.7. The number of aromatic nitrogens is 3. The second-order valence-electron chi connectivity index (χ2n) is 12.2. The lowest BCUT2D eigenvalue weighted by molar-refractivity contribution is 0.666. The molecule has 0 N–H and O–H groups in total. The first kappa shape index (κ1) is 24.8. The van der Waals surface area contributed by atoms with Crippen molar-refractivity contribution >= 4 is 87.4 Å². The van der Waals surface area contributed by atoms with E-state index in [9.17, 15) is 0 Å².